The molecule has 12 heteroatoms. The van der Waals surface area contributed by atoms with Gasteiger partial charge in [0.15, 0.2) is 11.3 Å². The molecule has 2 saturated heterocycles. The summed E-state index contributed by atoms with van der Waals surface area (Å²) in [5.74, 6) is 1.32. The van der Waals surface area contributed by atoms with Gasteiger partial charge in [-0.3, -0.25) is 19.2 Å². The molecule has 6 aromatic carbocycles. The zero-order valence-corrected chi connectivity index (χ0v) is 35.6. The van der Waals surface area contributed by atoms with Crippen LogP contribution in [0.4, 0.5) is 0 Å². The van der Waals surface area contributed by atoms with Crippen molar-refractivity contribution in [2.45, 2.75) is 24.2 Å². The van der Waals surface area contributed by atoms with Gasteiger partial charge < -0.3 is 29.1 Å². The average Bonchev–Trinajstić information content (AvgIpc) is 4.03. The lowest BCUT2D eigenvalue weighted by Gasteiger charge is -2.40. The molecule has 0 saturated carbocycles. The van der Waals surface area contributed by atoms with Gasteiger partial charge in [-0.2, -0.15) is 0 Å². The Balaban J connectivity index is 0.000000158. The summed E-state index contributed by atoms with van der Waals surface area (Å²) in [5.41, 5.74) is 4.54. The molecule has 4 amide bonds. The first-order valence-electron chi connectivity index (χ1n) is 20.3. The highest BCUT2D eigenvalue weighted by Crippen LogP contribution is 2.51. The first kappa shape index (κ1) is 40.8. The number of ether oxygens (including phenoxy) is 2. The highest BCUT2D eigenvalue weighted by molar-refractivity contribution is 6.30. The van der Waals surface area contributed by atoms with Crippen LogP contribution in [0.25, 0.3) is 0 Å². The lowest BCUT2D eigenvalue weighted by atomic mass is 9.89. The van der Waals surface area contributed by atoms with Crippen LogP contribution >= 0.6 is 23.2 Å². The lowest BCUT2D eigenvalue weighted by Crippen LogP contribution is -2.52. The molecule has 312 valence electrons. The summed E-state index contributed by atoms with van der Waals surface area (Å²) in [6.07, 6.45) is 0.479. The van der Waals surface area contributed by atoms with Crippen molar-refractivity contribution >= 4 is 46.8 Å². The summed E-state index contributed by atoms with van der Waals surface area (Å²) in [4.78, 5) is 61.0. The Hall–Kier alpha value is -6.62. The zero-order chi connectivity index (χ0) is 43.2. The van der Waals surface area contributed by atoms with Gasteiger partial charge in [0.25, 0.3) is 11.8 Å². The molecule has 0 bridgehead atoms. The maximum Gasteiger partial charge on any atom is 0.256 e. The Kier molecular flexibility index (Phi) is 10.7. The third-order valence-electron chi connectivity index (χ3n) is 12.3. The Morgan fingerprint density at radius 2 is 0.855 bits per heavy atom. The molecule has 4 aliphatic heterocycles. The molecule has 10 rings (SSSR count). The maximum atomic E-state index is 13.6. The molecular formula is C50H42Cl2N4O6. The standard InChI is InChI=1S/2C25H21ClN2O3/c2*1-31-20-12-6-17(7-13-20)16-23(29)27-14-15-28-24(30)21-4-2-3-5-22(21)25(27,28)18-8-10-19(26)11-9-18/h2*2-13H,14-16H2,1H3. The van der Waals surface area contributed by atoms with Gasteiger partial charge in [-0.15, -0.1) is 0 Å². The quantitative estimate of drug-likeness (QED) is 0.153. The third kappa shape index (κ3) is 6.56. The van der Waals surface area contributed by atoms with E-state index in [1.165, 1.54) is 0 Å². The molecule has 2 atom stereocenters. The second-order valence-electron chi connectivity index (χ2n) is 15.5. The molecule has 4 heterocycles. The number of carbonyl (C=O) groups is 4. The van der Waals surface area contributed by atoms with Crippen molar-refractivity contribution in [2.24, 2.45) is 0 Å². The predicted octanol–water partition coefficient (Wildman–Crippen LogP) is 8.18. The molecule has 0 aliphatic carbocycles. The molecule has 2 fully saturated rings. The normalized spacial score (nSPS) is 19.4. The summed E-state index contributed by atoms with van der Waals surface area (Å²) in [5, 5.41) is 1.22. The largest absolute Gasteiger partial charge is 0.497 e. The van der Waals surface area contributed by atoms with Crippen molar-refractivity contribution in [3.05, 3.63) is 200 Å². The highest BCUT2D eigenvalue weighted by Gasteiger charge is 2.60. The van der Waals surface area contributed by atoms with Gasteiger partial charge in [-0.25, -0.2) is 0 Å². The van der Waals surface area contributed by atoms with E-state index in [2.05, 4.69) is 0 Å². The van der Waals surface area contributed by atoms with E-state index in [4.69, 9.17) is 32.7 Å². The van der Waals surface area contributed by atoms with E-state index in [0.29, 0.717) is 47.4 Å². The van der Waals surface area contributed by atoms with Crippen LogP contribution < -0.4 is 9.47 Å². The molecular weight excluding hydrogens is 823 g/mol. The fraction of sp³-hybridized carbons (Fsp3) is 0.200. The topological polar surface area (TPSA) is 99.7 Å². The smallest absolute Gasteiger partial charge is 0.256 e. The Labute approximate surface area is 369 Å². The molecule has 62 heavy (non-hydrogen) atoms. The average molecular weight is 866 g/mol. The molecule has 0 radical (unpaired) electrons. The van der Waals surface area contributed by atoms with Crippen molar-refractivity contribution < 1.29 is 28.7 Å². The molecule has 0 aromatic heterocycles. The van der Waals surface area contributed by atoms with Crippen LogP contribution in [-0.2, 0) is 33.8 Å². The summed E-state index contributed by atoms with van der Waals surface area (Å²) in [6, 6.07) is 44.9. The van der Waals surface area contributed by atoms with Crippen molar-refractivity contribution in [1.82, 2.24) is 19.6 Å². The predicted molar refractivity (Wildman–Crippen MR) is 236 cm³/mol. The number of halogens is 2. The van der Waals surface area contributed by atoms with Crippen LogP contribution in [0.1, 0.15) is 54.1 Å². The van der Waals surface area contributed by atoms with Gasteiger partial charge in [0.1, 0.15) is 11.5 Å². The fourth-order valence-electron chi connectivity index (χ4n) is 9.59. The van der Waals surface area contributed by atoms with E-state index in [0.717, 1.165) is 44.9 Å². The van der Waals surface area contributed by atoms with Crippen LogP contribution in [-0.4, -0.2) is 83.6 Å². The van der Waals surface area contributed by atoms with E-state index in [1.807, 2.05) is 141 Å². The number of fused-ring (bicyclic) bond motifs is 6. The van der Waals surface area contributed by atoms with E-state index in [9.17, 15) is 19.2 Å². The third-order valence-corrected chi connectivity index (χ3v) is 12.8. The number of methoxy groups -OCH3 is 2. The monoisotopic (exact) mass is 864 g/mol. The summed E-state index contributed by atoms with van der Waals surface area (Å²) in [7, 11) is 3.23. The molecule has 2 unspecified atom stereocenters. The van der Waals surface area contributed by atoms with Crippen molar-refractivity contribution in [2.75, 3.05) is 40.4 Å². The SMILES string of the molecule is COc1ccc(CC(=O)N2CCN3C(=O)c4ccccc4C23c2ccc(Cl)cc2)cc1.COc1ccc(CC(=O)N2CCN3C(=O)c4ccccc4C23c2ccc(Cl)cc2)cc1. The Bertz CT molecular complexity index is 2510. The van der Waals surface area contributed by atoms with Crippen LogP contribution in [0, 0.1) is 0 Å². The molecule has 4 aliphatic rings. The minimum Gasteiger partial charge on any atom is -0.497 e. The first-order valence-corrected chi connectivity index (χ1v) is 21.1. The summed E-state index contributed by atoms with van der Waals surface area (Å²) < 4.78 is 10.4. The van der Waals surface area contributed by atoms with Gasteiger partial charge in [0.05, 0.1) is 27.1 Å². The lowest BCUT2D eigenvalue weighted by molar-refractivity contribution is -0.136. The van der Waals surface area contributed by atoms with E-state index < -0.39 is 11.3 Å². The van der Waals surface area contributed by atoms with E-state index >= 15 is 0 Å². The number of nitrogens with zero attached hydrogens (tertiary/aromatic N) is 4. The van der Waals surface area contributed by atoms with Crippen molar-refractivity contribution in [1.29, 1.82) is 0 Å². The number of hydrogen-bond donors (Lipinski definition) is 0. The van der Waals surface area contributed by atoms with Crippen LogP contribution in [0.5, 0.6) is 11.5 Å². The van der Waals surface area contributed by atoms with Gasteiger partial charge in [0, 0.05) is 69.6 Å². The minimum absolute atomic E-state index is 0.0351. The maximum absolute atomic E-state index is 13.6. The van der Waals surface area contributed by atoms with Crippen molar-refractivity contribution in [3.63, 3.8) is 0 Å². The van der Waals surface area contributed by atoms with Gasteiger partial charge in [0.2, 0.25) is 11.8 Å². The fourth-order valence-corrected chi connectivity index (χ4v) is 9.84. The molecule has 10 nitrogen and oxygen atoms in total. The number of amides is 4. The zero-order valence-electron chi connectivity index (χ0n) is 34.1. The van der Waals surface area contributed by atoms with E-state index in [-0.39, 0.29) is 36.5 Å². The minimum atomic E-state index is -0.957. The summed E-state index contributed by atoms with van der Waals surface area (Å²) in [6.45, 7) is 1.89. The number of carbonyl (C=O) groups excluding carboxylic acids is 4. The number of hydrogen-bond acceptors (Lipinski definition) is 6. The van der Waals surface area contributed by atoms with Crippen molar-refractivity contribution in [3.8, 4) is 11.5 Å². The second kappa shape index (κ2) is 16.3. The highest BCUT2D eigenvalue weighted by atomic mass is 35.5. The first-order chi connectivity index (χ1) is 30.1. The second-order valence-corrected chi connectivity index (χ2v) is 16.4. The summed E-state index contributed by atoms with van der Waals surface area (Å²) >= 11 is 12.3. The van der Waals surface area contributed by atoms with Crippen LogP contribution in [0.15, 0.2) is 146 Å². The van der Waals surface area contributed by atoms with Crippen LogP contribution in [0.3, 0.4) is 0 Å². The Morgan fingerprint density at radius 3 is 1.21 bits per heavy atom. The molecule has 0 spiro atoms. The van der Waals surface area contributed by atoms with Gasteiger partial charge in [-0.1, -0.05) is 108 Å². The number of benzene rings is 6. The number of rotatable bonds is 8. The van der Waals surface area contributed by atoms with E-state index in [1.54, 1.807) is 38.5 Å². The van der Waals surface area contributed by atoms with Gasteiger partial charge >= 0.3 is 0 Å². The Morgan fingerprint density at radius 1 is 0.500 bits per heavy atom. The van der Waals surface area contributed by atoms with Crippen LogP contribution in [0.2, 0.25) is 10.0 Å². The van der Waals surface area contributed by atoms with Gasteiger partial charge in [-0.05, 0) is 71.8 Å². The molecule has 6 aromatic rings. The molecule has 0 N–H and O–H groups in total.